The van der Waals surface area contributed by atoms with Crippen molar-refractivity contribution in [2.45, 2.75) is 13.8 Å². The molecule has 0 spiro atoms. The van der Waals surface area contributed by atoms with Crippen molar-refractivity contribution < 1.29 is 28.7 Å². The van der Waals surface area contributed by atoms with Gasteiger partial charge < -0.3 is 14.8 Å². The fourth-order valence-electron chi connectivity index (χ4n) is 3.21. The summed E-state index contributed by atoms with van der Waals surface area (Å²) in [5, 5.41) is 2.62. The first-order valence-corrected chi connectivity index (χ1v) is 9.75. The average molecular weight is 422 g/mol. The van der Waals surface area contributed by atoms with Gasteiger partial charge >= 0.3 is 11.9 Å². The van der Waals surface area contributed by atoms with Crippen molar-refractivity contribution in [2.24, 2.45) is 0 Å². The third-order valence-electron chi connectivity index (χ3n) is 4.58. The minimum atomic E-state index is -0.636. The van der Waals surface area contributed by atoms with Crippen molar-refractivity contribution in [1.29, 1.82) is 0 Å². The molecule has 0 aliphatic carbocycles. The number of fused-ring (bicyclic) bond motifs is 1. The summed E-state index contributed by atoms with van der Waals surface area (Å²) in [5.41, 5.74) is 1.98. The van der Waals surface area contributed by atoms with Gasteiger partial charge in [0.25, 0.3) is 5.91 Å². The molecule has 1 heterocycles. The van der Waals surface area contributed by atoms with E-state index in [9.17, 15) is 19.2 Å². The summed E-state index contributed by atoms with van der Waals surface area (Å²) < 4.78 is 9.97. The van der Waals surface area contributed by atoms with Gasteiger partial charge in [0.1, 0.15) is 6.54 Å². The Balaban J connectivity index is 1.80. The van der Waals surface area contributed by atoms with Gasteiger partial charge in [0.2, 0.25) is 5.91 Å². The van der Waals surface area contributed by atoms with E-state index in [1.54, 1.807) is 38.1 Å². The summed E-state index contributed by atoms with van der Waals surface area (Å²) in [4.78, 5) is 50.8. The minimum Gasteiger partial charge on any atom is -0.462 e. The Bertz CT molecular complexity index is 1000. The molecule has 0 fully saturated rings. The van der Waals surface area contributed by atoms with Crippen LogP contribution in [-0.4, -0.2) is 48.4 Å². The SMILES string of the molecule is C=C1c2ccccc2C(=O)N1CC(=O)Nc1cc(C(=O)OCC)cc(C(=O)OCC)c1. The Hall–Kier alpha value is -3.94. The molecule has 8 nitrogen and oxygen atoms in total. The Morgan fingerprint density at radius 1 is 0.935 bits per heavy atom. The summed E-state index contributed by atoms with van der Waals surface area (Å²) in [6, 6.07) is 11.1. The number of benzene rings is 2. The number of rotatable bonds is 7. The number of hydrogen-bond acceptors (Lipinski definition) is 6. The molecule has 0 bridgehead atoms. The highest BCUT2D eigenvalue weighted by atomic mass is 16.5. The van der Waals surface area contributed by atoms with Gasteiger partial charge in [-0.05, 0) is 38.1 Å². The van der Waals surface area contributed by atoms with Crippen LogP contribution in [0.4, 0.5) is 5.69 Å². The van der Waals surface area contributed by atoms with Crippen LogP contribution in [0.25, 0.3) is 5.70 Å². The second-order valence-electron chi connectivity index (χ2n) is 6.67. The maximum absolute atomic E-state index is 12.6. The highest BCUT2D eigenvalue weighted by Gasteiger charge is 2.32. The van der Waals surface area contributed by atoms with Crippen LogP contribution in [0, 0.1) is 0 Å². The zero-order valence-corrected chi connectivity index (χ0v) is 17.3. The van der Waals surface area contributed by atoms with E-state index in [0.29, 0.717) is 16.8 Å². The number of nitrogens with one attached hydrogen (secondary N) is 1. The Morgan fingerprint density at radius 2 is 1.48 bits per heavy atom. The topological polar surface area (TPSA) is 102 Å². The number of carbonyl (C=O) groups excluding carboxylic acids is 4. The highest BCUT2D eigenvalue weighted by molar-refractivity contribution is 6.11. The zero-order valence-electron chi connectivity index (χ0n) is 17.3. The third-order valence-corrected chi connectivity index (χ3v) is 4.58. The van der Waals surface area contributed by atoms with E-state index in [0.717, 1.165) is 0 Å². The van der Waals surface area contributed by atoms with Gasteiger partial charge in [0.15, 0.2) is 0 Å². The molecule has 0 saturated carbocycles. The quantitative estimate of drug-likeness (QED) is 0.688. The molecule has 31 heavy (non-hydrogen) atoms. The maximum Gasteiger partial charge on any atom is 0.338 e. The van der Waals surface area contributed by atoms with Crippen LogP contribution < -0.4 is 5.32 Å². The second-order valence-corrected chi connectivity index (χ2v) is 6.67. The summed E-state index contributed by atoms with van der Waals surface area (Å²) in [7, 11) is 0. The van der Waals surface area contributed by atoms with Crippen LogP contribution in [0.5, 0.6) is 0 Å². The Labute approximate surface area is 179 Å². The smallest absolute Gasteiger partial charge is 0.338 e. The first kappa shape index (κ1) is 21.8. The van der Waals surface area contributed by atoms with Gasteiger partial charge in [-0.3, -0.25) is 14.5 Å². The summed E-state index contributed by atoms with van der Waals surface area (Å²) >= 11 is 0. The second kappa shape index (κ2) is 9.25. The lowest BCUT2D eigenvalue weighted by atomic mass is 10.1. The van der Waals surface area contributed by atoms with Gasteiger partial charge in [0, 0.05) is 22.5 Å². The number of hydrogen-bond donors (Lipinski definition) is 1. The first-order chi connectivity index (χ1) is 14.8. The predicted molar refractivity (Wildman–Crippen MR) is 113 cm³/mol. The molecular weight excluding hydrogens is 400 g/mol. The number of carbonyl (C=O) groups is 4. The van der Waals surface area contributed by atoms with Crippen molar-refractivity contribution in [2.75, 3.05) is 25.1 Å². The van der Waals surface area contributed by atoms with E-state index in [1.165, 1.54) is 23.1 Å². The summed E-state index contributed by atoms with van der Waals surface area (Å²) in [6.45, 7) is 7.27. The van der Waals surface area contributed by atoms with Crippen molar-refractivity contribution in [3.63, 3.8) is 0 Å². The lowest BCUT2D eigenvalue weighted by molar-refractivity contribution is -0.116. The molecule has 1 aliphatic heterocycles. The first-order valence-electron chi connectivity index (χ1n) is 9.75. The maximum atomic E-state index is 12.6. The van der Waals surface area contributed by atoms with Gasteiger partial charge in [-0.1, -0.05) is 24.8 Å². The lowest BCUT2D eigenvalue weighted by Gasteiger charge is -2.17. The van der Waals surface area contributed by atoms with Gasteiger partial charge in [-0.25, -0.2) is 9.59 Å². The molecule has 2 aromatic rings. The largest absolute Gasteiger partial charge is 0.462 e. The standard InChI is InChI=1S/C23H22N2O6/c1-4-30-22(28)15-10-16(23(29)31-5-2)12-17(11-15)24-20(26)13-25-14(3)18-8-6-7-9-19(18)21(25)27/h6-12H,3-5,13H2,1-2H3,(H,24,26). The van der Waals surface area contributed by atoms with Crippen molar-refractivity contribution in [3.05, 3.63) is 71.3 Å². The zero-order chi connectivity index (χ0) is 22.5. The van der Waals surface area contributed by atoms with Crippen LogP contribution in [-0.2, 0) is 14.3 Å². The summed E-state index contributed by atoms with van der Waals surface area (Å²) in [5.74, 6) is -2.10. The molecular formula is C23H22N2O6. The van der Waals surface area contributed by atoms with Crippen LogP contribution in [0.1, 0.15) is 50.5 Å². The molecule has 0 atom stereocenters. The van der Waals surface area contributed by atoms with E-state index >= 15 is 0 Å². The van der Waals surface area contributed by atoms with Gasteiger partial charge in [-0.2, -0.15) is 0 Å². The molecule has 0 aromatic heterocycles. The average Bonchev–Trinajstić information content (AvgIpc) is 2.99. The monoisotopic (exact) mass is 422 g/mol. The fourth-order valence-corrected chi connectivity index (χ4v) is 3.21. The molecule has 2 amide bonds. The molecule has 0 radical (unpaired) electrons. The van der Waals surface area contributed by atoms with Crippen molar-refractivity contribution >= 4 is 35.1 Å². The Kier molecular flexibility index (Phi) is 6.49. The van der Waals surface area contributed by atoms with E-state index < -0.39 is 17.8 Å². The van der Waals surface area contributed by atoms with Gasteiger partial charge in [0.05, 0.1) is 24.3 Å². The van der Waals surface area contributed by atoms with E-state index in [1.807, 2.05) is 0 Å². The summed E-state index contributed by atoms with van der Waals surface area (Å²) in [6.07, 6.45) is 0. The number of esters is 2. The molecule has 0 unspecified atom stereocenters. The van der Waals surface area contributed by atoms with Crippen LogP contribution in [0.3, 0.4) is 0 Å². The number of nitrogens with zero attached hydrogens (tertiary/aromatic N) is 1. The normalized spacial score (nSPS) is 12.4. The number of ether oxygens (including phenoxy) is 2. The van der Waals surface area contributed by atoms with E-state index in [-0.39, 0.29) is 42.5 Å². The molecule has 8 heteroatoms. The molecule has 160 valence electrons. The number of anilines is 1. The minimum absolute atomic E-state index is 0.0942. The fraction of sp³-hybridized carbons (Fsp3) is 0.217. The van der Waals surface area contributed by atoms with E-state index in [2.05, 4.69) is 11.9 Å². The van der Waals surface area contributed by atoms with Crippen molar-refractivity contribution in [1.82, 2.24) is 4.90 Å². The van der Waals surface area contributed by atoms with Crippen LogP contribution >= 0.6 is 0 Å². The predicted octanol–water partition coefficient (Wildman–Crippen LogP) is 3.11. The molecule has 0 saturated heterocycles. The van der Waals surface area contributed by atoms with Gasteiger partial charge in [-0.15, -0.1) is 0 Å². The molecule has 1 N–H and O–H groups in total. The molecule has 1 aliphatic rings. The molecule has 3 rings (SSSR count). The van der Waals surface area contributed by atoms with Crippen molar-refractivity contribution in [3.8, 4) is 0 Å². The van der Waals surface area contributed by atoms with Crippen LogP contribution in [0.2, 0.25) is 0 Å². The lowest BCUT2D eigenvalue weighted by Crippen LogP contribution is -2.32. The Morgan fingerprint density at radius 3 is 2.00 bits per heavy atom. The van der Waals surface area contributed by atoms with Crippen LogP contribution in [0.15, 0.2) is 49.0 Å². The van der Waals surface area contributed by atoms with E-state index in [4.69, 9.17) is 9.47 Å². The molecule has 2 aromatic carbocycles. The third kappa shape index (κ3) is 4.63. The highest BCUT2D eigenvalue weighted by Crippen LogP contribution is 2.30. The number of amides is 2.